The molecule has 4 heterocycles. The molecule has 3 aromatic rings. The molecule has 2 aliphatic heterocycles. The van der Waals surface area contributed by atoms with Crippen molar-refractivity contribution in [3.63, 3.8) is 0 Å². The Balaban J connectivity index is 1.28. The highest BCUT2D eigenvalue weighted by Gasteiger charge is 2.31. The lowest BCUT2D eigenvalue weighted by Crippen LogP contribution is -2.32. The number of thioether (sulfide) groups is 1. The van der Waals surface area contributed by atoms with E-state index < -0.39 is 0 Å². The Morgan fingerprint density at radius 1 is 1.25 bits per heavy atom. The Hall–Kier alpha value is -2.81. The van der Waals surface area contributed by atoms with Gasteiger partial charge in [-0.2, -0.15) is 4.98 Å². The van der Waals surface area contributed by atoms with Crippen LogP contribution in [0.4, 0.5) is 0 Å². The van der Waals surface area contributed by atoms with Gasteiger partial charge >= 0.3 is 0 Å². The molecule has 0 radical (unpaired) electrons. The van der Waals surface area contributed by atoms with Gasteiger partial charge in [0.1, 0.15) is 13.2 Å². The van der Waals surface area contributed by atoms with Crippen LogP contribution >= 0.6 is 11.8 Å². The van der Waals surface area contributed by atoms with Crippen LogP contribution in [0.1, 0.15) is 24.4 Å². The third-order valence-corrected chi connectivity index (χ3v) is 5.77. The van der Waals surface area contributed by atoms with Gasteiger partial charge < -0.3 is 14.4 Å². The maximum absolute atomic E-state index is 12.9. The molecule has 144 valence electrons. The summed E-state index contributed by atoms with van der Waals surface area (Å²) < 4.78 is 12.9. The molecule has 1 fully saturated rings. The predicted octanol–water partition coefficient (Wildman–Crippen LogP) is 2.35. The highest BCUT2D eigenvalue weighted by molar-refractivity contribution is 7.99. The van der Waals surface area contributed by atoms with Crippen molar-refractivity contribution in [3.05, 3.63) is 42.2 Å². The van der Waals surface area contributed by atoms with Crippen LogP contribution in [0.3, 0.4) is 0 Å². The summed E-state index contributed by atoms with van der Waals surface area (Å²) in [6.07, 6.45) is 5.41. The van der Waals surface area contributed by atoms with Gasteiger partial charge in [0.05, 0.1) is 11.8 Å². The number of carbonyl (C=O) groups is 1. The van der Waals surface area contributed by atoms with E-state index in [1.165, 1.54) is 11.8 Å². The monoisotopic (exact) mass is 397 g/mol. The number of nitrogens with zero attached hydrogens (tertiary/aromatic N) is 5. The summed E-state index contributed by atoms with van der Waals surface area (Å²) in [5.74, 6) is 2.46. The Morgan fingerprint density at radius 2 is 2.14 bits per heavy atom. The van der Waals surface area contributed by atoms with Crippen LogP contribution in [0.5, 0.6) is 11.5 Å². The van der Waals surface area contributed by atoms with Gasteiger partial charge in [0.2, 0.25) is 11.1 Å². The first-order valence-corrected chi connectivity index (χ1v) is 10.3. The van der Waals surface area contributed by atoms with E-state index in [2.05, 4.69) is 15.1 Å². The molecule has 5 rings (SSSR count). The van der Waals surface area contributed by atoms with Crippen molar-refractivity contribution in [2.75, 3.05) is 25.5 Å². The molecule has 1 atom stereocenters. The summed E-state index contributed by atoms with van der Waals surface area (Å²) in [6.45, 7) is 1.89. The van der Waals surface area contributed by atoms with Gasteiger partial charge in [0, 0.05) is 18.9 Å². The van der Waals surface area contributed by atoms with Crippen LogP contribution in [0.2, 0.25) is 0 Å². The molecule has 1 saturated heterocycles. The van der Waals surface area contributed by atoms with Gasteiger partial charge in [-0.1, -0.05) is 17.8 Å². The first-order valence-electron chi connectivity index (χ1n) is 9.27. The van der Waals surface area contributed by atoms with Gasteiger partial charge in [-0.05, 0) is 36.6 Å². The number of aromatic nitrogens is 4. The van der Waals surface area contributed by atoms with Crippen molar-refractivity contribution in [1.82, 2.24) is 24.5 Å². The largest absolute Gasteiger partial charge is 0.486 e. The lowest BCUT2D eigenvalue weighted by molar-refractivity contribution is -0.129. The maximum Gasteiger partial charge on any atom is 0.253 e. The molecular weight excluding hydrogens is 378 g/mol. The number of ether oxygens (including phenoxy) is 2. The molecule has 0 spiro atoms. The molecule has 1 amide bonds. The fraction of sp³-hybridized carbons (Fsp3) is 0.368. The van der Waals surface area contributed by atoms with E-state index in [-0.39, 0.29) is 11.9 Å². The highest BCUT2D eigenvalue weighted by atomic mass is 32.2. The number of fused-ring (bicyclic) bond motifs is 2. The fourth-order valence-electron chi connectivity index (χ4n) is 3.66. The molecule has 0 aliphatic carbocycles. The molecule has 0 unspecified atom stereocenters. The average molecular weight is 397 g/mol. The van der Waals surface area contributed by atoms with E-state index in [0.29, 0.717) is 29.9 Å². The lowest BCUT2D eigenvalue weighted by atomic mass is 10.0. The van der Waals surface area contributed by atoms with E-state index in [1.807, 2.05) is 23.1 Å². The number of rotatable bonds is 4. The summed E-state index contributed by atoms with van der Waals surface area (Å²) in [6, 6.07) is 7.84. The normalized spacial score (nSPS) is 18.6. The number of benzene rings is 1. The van der Waals surface area contributed by atoms with Gasteiger partial charge in [-0.15, -0.1) is 5.10 Å². The van der Waals surface area contributed by atoms with Crippen molar-refractivity contribution in [1.29, 1.82) is 0 Å². The SMILES string of the molecule is O=C(CSc1nc2ncccn2n1)N1CCC[C@@H]1c1ccc2c(c1)OCCO2. The summed E-state index contributed by atoms with van der Waals surface area (Å²) in [4.78, 5) is 23.3. The van der Waals surface area contributed by atoms with Crippen LogP contribution in [0, 0.1) is 0 Å². The second-order valence-electron chi connectivity index (χ2n) is 6.70. The van der Waals surface area contributed by atoms with E-state index in [1.54, 1.807) is 23.0 Å². The first-order chi connectivity index (χ1) is 13.8. The summed E-state index contributed by atoms with van der Waals surface area (Å²) in [5, 5.41) is 4.90. The zero-order valence-electron chi connectivity index (χ0n) is 15.2. The molecule has 1 aromatic carbocycles. The standard InChI is InChI=1S/C19H19N5O3S/c25-17(12-28-19-21-18-20-6-2-8-24(18)22-19)23-7-1-3-14(23)13-4-5-15-16(11-13)27-10-9-26-15/h2,4-6,8,11,14H,1,3,7,9-10,12H2/t14-/m1/s1. The van der Waals surface area contributed by atoms with Crippen LogP contribution in [-0.4, -0.2) is 55.9 Å². The van der Waals surface area contributed by atoms with Gasteiger partial charge in [0.25, 0.3) is 5.78 Å². The van der Waals surface area contributed by atoms with Crippen LogP contribution < -0.4 is 9.47 Å². The summed E-state index contributed by atoms with van der Waals surface area (Å²) in [5.41, 5.74) is 1.09. The lowest BCUT2D eigenvalue weighted by Gasteiger charge is -2.26. The molecule has 2 aromatic heterocycles. The predicted molar refractivity (Wildman–Crippen MR) is 103 cm³/mol. The van der Waals surface area contributed by atoms with Crippen LogP contribution in [-0.2, 0) is 4.79 Å². The van der Waals surface area contributed by atoms with Crippen LogP contribution in [0.25, 0.3) is 5.78 Å². The van der Waals surface area contributed by atoms with E-state index >= 15 is 0 Å². The molecule has 0 N–H and O–H groups in total. The molecule has 8 nitrogen and oxygen atoms in total. The summed E-state index contributed by atoms with van der Waals surface area (Å²) >= 11 is 1.34. The molecule has 0 saturated carbocycles. The summed E-state index contributed by atoms with van der Waals surface area (Å²) in [7, 11) is 0. The van der Waals surface area contributed by atoms with E-state index in [0.717, 1.165) is 36.4 Å². The van der Waals surface area contributed by atoms with Crippen LogP contribution in [0.15, 0.2) is 41.8 Å². The third kappa shape index (κ3) is 3.26. The molecule has 9 heteroatoms. The number of likely N-dealkylation sites (tertiary alicyclic amines) is 1. The minimum atomic E-state index is 0.0691. The zero-order valence-corrected chi connectivity index (χ0v) is 16.0. The van der Waals surface area contributed by atoms with Crippen molar-refractivity contribution in [2.24, 2.45) is 0 Å². The number of hydrogen-bond donors (Lipinski definition) is 0. The Morgan fingerprint density at radius 3 is 3.04 bits per heavy atom. The van der Waals surface area contributed by atoms with Gasteiger partial charge in [-0.25, -0.2) is 9.50 Å². The molecule has 0 bridgehead atoms. The smallest absolute Gasteiger partial charge is 0.253 e. The minimum absolute atomic E-state index is 0.0691. The van der Waals surface area contributed by atoms with E-state index in [4.69, 9.17) is 9.47 Å². The maximum atomic E-state index is 12.9. The number of amides is 1. The number of carbonyl (C=O) groups excluding carboxylic acids is 1. The zero-order chi connectivity index (χ0) is 18.9. The first kappa shape index (κ1) is 17.3. The van der Waals surface area contributed by atoms with Crippen molar-refractivity contribution in [3.8, 4) is 11.5 Å². The highest BCUT2D eigenvalue weighted by Crippen LogP contribution is 2.38. The minimum Gasteiger partial charge on any atom is -0.486 e. The molecule has 28 heavy (non-hydrogen) atoms. The average Bonchev–Trinajstić information content (AvgIpc) is 3.38. The third-order valence-electron chi connectivity index (χ3n) is 4.95. The Labute approximate surface area is 165 Å². The Bertz CT molecular complexity index is 991. The van der Waals surface area contributed by atoms with Gasteiger partial charge in [0.15, 0.2) is 11.5 Å². The second kappa shape index (κ2) is 7.31. The second-order valence-corrected chi connectivity index (χ2v) is 7.64. The van der Waals surface area contributed by atoms with Crippen molar-refractivity contribution >= 4 is 23.4 Å². The molecule has 2 aliphatic rings. The van der Waals surface area contributed by atoms with Crippen molar-refractivity contribution in [2.45, 2.75) is 24.0 Å². The topological polar surface area (TPSA) is 81.9 Å². The number of hydrogen-bond acceptors (Lipinski definition) is 7. The van der Waals surface area contributed by atoms with Gasteiger partial charge in [-0.3, -0.25) is 4.79 Å². The Kier molecular flexibility index (Phi) is 4.52. The molecular formula is C19H19N5O3S. The van der Waals surface area contributed by atoms with Crippen molar-refractivity contribution < 1.29 is 14.3 Å². The fourth-order valence-corrected chi connectivity index (χ4v) is 4.37. The van der Waals surface area contributed by atoms with E-state index in [9.17, 15) is 4.79 Å². The quantitative estimate of drug-likeness (QED) is 0.625.